The van der Waals surface area contributed by atoms with Crippen molar-refractivity contribution in [1.82, 2.24) is 14.5 Å². The predicted octanol–water partition coefficient (Wildman–Crippen LogP) is 2.67. The van der Waals surface area contributed by atoms with Gasteiger partial charge in [0, 0.05) is 43.5 Å². The summed E-state index contributed by atoms with van der Waals surface area (Å²) in [6.07, 6.45) is 0. The van der Waals surface area contributed by atoms with Crippen LogP contribution in [0.2, 0.25) is 0 Å². The number of carbonyl (C=O) groups excluding carboxylic acids is 1. The van der Waals surface area contributed by atoms with Crippen molar-refractivity contribution in [3.05, 3.63) is 52.9 Å². The normalized spacial score (nSPS) is 18.1. The number of thiophene rings is 1. The number of piperazine rings is 1. The van der Waals surface area contributed by atoms with Crippen molar-refractivity contribution in [3.63, 3.8) is 0 Å². The fourth-order valence-corrected chi connectivity index (χ4v) is 6.41. The molecule has 1 aliphatic rings. The maximum atomic E-state index is 13.1. The van der Waals surface area contributed by atoms with Crippen LogP contribution in [0, 0.1) is 0 Å². The molecule has 8 heteroatoms. The summed E-state index contributed by atoms with van der Waals surface area (Å²) in [5.41, 5.74) is 0.963. The summed E-state index contributed by atoms with van der Waals surface area (Å²) < 4.78 is 28.2. The van der Waals surface area contributed by atoms with E-state index in [9.17, 15) is 13.2 Å². The van der Waals surface area contributed by atoms with Crippen LogP contribution in [0.15, 0.2) is 46.7 Å². The van der Waals surface area contributed by atoms with Gasteiger partial charge < -0.3 is 5.32 Å². The molecule has 0 radical (unpaired) electrons. The number of rotatable bonds is 6. The van der Waals surface area contributed by atoms with E-state index in [4.69, 9.17) is 0 Å². The lowest BCUT2D eigenvalue weighted by Gasteiger charge is -2.46. The summed E-state index contributed by atoms with van der Waals surface area (Å²) >= 11 is 1.22. The van der Waals surface area contributed by atoms with Gasteiger partial charge in [0.1, 0.15) is 4.21 Å². The molecule has 1 fully saturated rings. The minimum Gasteiger partial charge on any atom is -0.351 e. The van der Waals surface area contributed by atoms with Gasteiger partial charge in [0.25, 0.3) is 10.0 Å². The lowest BCUT2D eigenvalue weighted by molar-refractivity contribution is -0.119. The van der Waals surface area contributed by atoms with E-state index < -0.39 is 10.0 Å². The molecule has 1 amide bonds. The lowest BCUT2D eigenvalue weighted by atomic mass is 9.99. The third kappa shape index (κ3) is 4.81. The molecular weight excluding hydrogens is 394 g/mol. The molecule has 1 saturated heterocycles. The van der Waals surface area contributed by atoms with Crippen LogP contribution < -0.4 is 5.32 Å². The van der Waals surface area contributed by atoms with Crippen molar-refractivity contribution in [1.29, 1.82) is 0 Å². The van der Waals surface area contributed by atoms with Gasteiger partial charge in [-0.2, -0.15) is 4.31 Å². The maximum Gasteiger partial charge on any atom is 0.252 e. The van der Waals surface area contributed by atoms with Gasteiger partial charge in [-0.1, -0.05) is 30.3 Å². The Hall–Kier alpha value is -1.74. The first-order valence-electron chi connectivity index (χ1n) is 9.31. The Morgan fingerprint density at radius 3 is 2.50 bits per heavy atom. The molecule has 6 nitrogen and oxygen atoms in total. The number of amides is 1. The van der Waals surface area contributed by atoms with Crippen LogP contribution in [-0.4, -0.2) is 48.7 Å². The highest BCUT2D eigenvalue weighted by molar-refractivity contribution is 7.91. The summed E-state index contributed by atoms with van der Waals surface area (Å²) in [5.74, 6) is -0.130. The van der Waals surface area contributed by atoms with Crippen LogP contribution in [0.3, 0.4) is 0 Å². The molecule has 28 heavy (non-hydrogen) atoms. The van der Waals surface area contributed by atoms with Gasteiger partial charge in [-0.3, -0.25) is 9.69 Å². The molecule has 0 spiro atoms. The number of hydrogen-bond donors (Lipinski definition) is 1. The van der Waals surface area contributed by atoms with Crippen LogP contribution in [0.4, 0.5) is 0 Å². The molecule has 0 bridgehead atoms. The second-order valence-corrected chi connectivity index (χ2v) is 11.0. The van der Waals surface area contributed by atoms with Crippen molar-refractivity contribution < 1.29 is 13.2 Å². The molecule has 0 saturated carbocycles. The number of carbonyl (C=O) groups is 1. The Morgan fingerprint density at radius 2 is 1.86 bits per heavy atom. The van der Waals surface area contributed by atoms with Crippen molar-refractivity contribution in [3.8, 4) is 0 Å². The molecule has 1 aliphatic heterocycles. The van der Waals surface area contributed by atoms with Crippen LogP contribution >= 0.6 is 11.3 Å². The molecule has 0 atom stereocenters. The lowest BCUT2D eigenvalue weighted by Crippen LogP contribution is -2.59. The smallest absolute Gasteiger partial charge is 0.252 e. The quantitative estimate of drug-likeness (QED) is 0.779. The fraction of sp³-hybridized carbons (Fsp3) is 0.450. The van der Waals surface area contributed by atoms with E-state index in [1.165, 1.54) is 23.8 Å². The van der Waals surface area contributed by atoms with Gasteiger partial charge in [0.2, 0.25) is 5.91 Å². The van der Waals surface area contributed by atoms with Crippen molar-refractivity contribution in [2.24, 2.45) is 0 Å². The zero-order valence-electron chi connectivity index (χ0n) is 16.5. The summed E-state index contributed by atoms with van der Waals surface area (Å²) in [4.78, 5) is 14.2. The minimum absolute atomic E-state index is 0.130. The number of nitrogens with one attached hydrogen (secondary N) is 1. The molecule has 0 aliphatic carbocycles. The zero-order chi connectivity index (χ0) is 20.4. The molecule has 3 rings (SSSR count). The molecule has 1 aromatic carbocycles. The minimum atomic E-state index is -3.53. The van der Waals surface area contributed by atoms with Gasteiger partial charge in [0.15, 0.2) is 0 Å². The first-order chi connectivity index (χ1) is 13.2. The van der Waals surface area contributed by atoms with Gasteiger partial charge in [0.05, 0.1) is 6.54 Å². The van der Waals surface area contributed by atoms with E-state index in [1.807, 2.05) is 18.2 Å². The first-order valence-corrected chi connectivity index (χ1v) is 11.6. The topological polar surface area (TPSA) is 69.7 Å². The Bertz CT molecular complexity index is 923. The molecule has 1 N–H and O–H groups in total. The molecule has 1 aromatic heterocycles. The molecule has 0 unspecified atom stereocenters. The number of hydrogen-bond acceptors (Lipinski definition) is 5. The van der Waals surface area contributed by atoms with Crippen molar-refractivity contribution in [2.75, 3.05) is 19.6 Å². The third-order valence-electron chi connectivity index (χ3n) is 5.00. The van der Waals surface area contributed by atoms with Crippen LogP contribution in [0.5, 0.6) is 0 Å². The average molecular weight is 422 g/mol. The van der Waals surface area contributed by atoms with E-state index in [-0.39, 0.29) is 11.4 Å². The van der Waals surface area contributed by atoms with Crippen molar-refractivity contribution in [2.45, 2.75) is 43.6 Å². The molecule has 152 valence electrons. The summed E-state index contributed by atoms with van der Waals surface area (Å²) in [6, 6.07) is 13.7. The Labute approximate surface area is 171 Å². The third-order valence-corrected chi connectivity index (χ3v) is 8.40. The van der Waals surface area contributed by atoms with Crippen LogP contribution in [-0.2, 0) is 27.9 Å². The van der Waals surface area contributed by atoms with Gasteiger partial charge in [-0.05, 0) is 31.5 Å². The highest BCUT2D eigenvalue weighted by Gasteiger charge is 2.39. The van der Waals surface area contributed by atoms with E-state index in [0.29, 0.717) is 30.4 Å². The number of nitrogens with zero attached hydrogens (tertiary/aromatic N) is 2. The fourth-order valence-electron chi connectivity index (χ4n) is 3.38. The van der Waals surface area contributed by atoms with Gasteiger partial charge in [-0.25, -0.2) is 8.42 Å². The monoisotopic (exact) mass is 421 g/mol. The largest absolute Gasteiger partial charge is 0.351 e. The summed E-state index contributed by atoms with van der Waals surface area (Å²) in [7, 11) is -3.53. The highest BCUT2D eigenvalue weighted by atomic mass is 32.2. The van der Waals surface area contributed by atoms with Crippen molar-refractivity contribution >= 4 is 27.3 Å². The van der Waals surface area contributed by atoms with Crippen LogP contribution in [0.1, 0.15) is 31.2 Å². The van der Waals surface area contributed by atoms with E-state index >= 15 is 0 Å². The average Bonchev–Trinajstić information content (AvgIpc) is 3.12. The maximum absolute atomic E-state index is 13.1. The molecule has 2 heterocycles. The first kappa shape index (κ1) is 21.0. The van der Waals surface area contributed by atoms with Crippen LogP contribution in [0.25, 0.3) is 0 Å². The summed E-state index contributed by atoms with van der Waals surface area (Å²) in [6.45, 7) is 8.39. The SMILES string of the molecule is CC(=O)NCc1ccc(S(=O)(=O)N2CCN(Cc3ccccc3)C(C)(C)C2)s1. The van der Waals surface area contributed by atoms with E-state index in [0.717, 1.165) is 11.4 Å². The molecular formula is C20H27N3O3S2. The Kier molecular flexibility index (Phi) is 6.24. The van der Waals surface area contributed by atoms with E-state index in [2.05, 4.69) is 36.2 Å². The standard InChI is InChI=1S/C20H27N3O3S2/c1-16(24)21-13-18-9-10-19(27-18)28(25,26)23-12-11-22(20(2,3)15-23)14-17-7-5-4-6-8-17/h4-10H,11-15H2,1-3H3,(H,21,24). The number of benzene rings is 1. The Morgan fingerprint density at radius 1 is 1.14 bits per heavy atom. The van der Waals surface area contributed by atoms with E-state index in [1.54, 1.807) is 16.4 Å². The summed E-state index contributed by atoms with van der Waals surface area (Å²) in [5, 5.41) is 2.70. The number of sulfonamides is 1. The zero-order valence-corrected chi connectivity index (χ0v) is 18.1. The highest BCUT2D eigenvalue weighted by Crippen LogP contribution is 2.30. The van der Waals surface area contributed by atoms with Gasteiger partial charge in [-0.15, -0.1) is 11.3 Å². The van der Waals surface area contributed by atoms with Gasteiger partial charge >= 0.3 is 0 Å². The molecule has 2 aromatic rings. The predicted molar refractivity (Wildman–Crippen MR) is 112 cm³/mol. The Balaban J connectivity index is 1.70. The second kappa shape index (κ2) is 8.32. The second-order valence-electron chi connectivity index (χ2n) is 7.69.